The van der Waals surface area contributed by atoms with Crippen LogP contribution in [-0.2, 0) is 20.8 Å². The first-order valence-electron chi connectivity index (χ1n) is 8.21. The lowest BCUT2D eigenvalue weighted by Crippen LogP contribution is -2.47. The Morgan fingerprint density at radius 3 is 2.92 bits per heavy atom. The van der Waals surface area contributed by atoms with Crippen molar-refractivity contribution in [2.45, 2.75) is 12.6 Å². The number of benzene rings is 1. The minimum absolute atomic E-state index is 0.0479. The number of hydrogen-bond acceptors (Lipinski definition) is 4. The molecule has 1 atom stereocenters. The van der Waals surface area contributed by atoms with E-state index in [1.54, 1.807) is 14.2 Å². The smallest absolute Gasteiger partial charge is 0.256 e. The molecule has 24 heavy (non-hydrogen) atoms. The van der Waals surface area contributed by atoms with Crippen LogP contribution in [0.2, 0.25) is 0 Å². The van der Waals surface area contributed by atoms with Crippen molar-refractivity contribution in [3.63, 3.8) is 0 Å². The number of aromatic nitrogens is 1. The SMILES string of the molecule is COCCn1cc(C(=O)N2CCOC(COC)C2)c2ccccc21. The fourth-order valence-corrected chi connectivity index (χ4v) is 3.15. The molecule has 1 aliphatic rings. The van der Waals surface area contributed by atoms with E-state index >= 15 is 0 Å². The van der Waals surface area contributed by atoms with Crippen LogP contribution in [0.4, 0.5) is 0 Å². The van der Waals surface area contributed by atoms with Gasteiger partial charge in [0.2, 0.25) is 0 Å². The zero-order chi connectivity index (χ0) is 16.9. The number of morpholine rings is 1. The van der Waals surface area contributed by atoms with Crippen molar-refractivity contribution in [1.29, 1.82) is 0 Å². The number of rotatable bonds is 6. The summed E-state index contributed by atoms with van der Waals surface area (Å²) < 4.78 is 18.1. The van der Waals surface area contributed by atoms with Crippen LogP contribution < -0.4 is 0 Å². The summed E-state index contributed by atoms with van der Waals surface area (Å²) in [6.45, 7) is 3.54. The van der Waals surface area contributed by atoms with Gasteiger partial charge in [0, 0.05) is 51.0 Å². The molecule has 1 aliphatic heterocycles. The second-order valence-electron chi connectivity index (χ2n) is 5.95. The molecule has 1 aromatic carbocycles. The number of amides is 1. The van der Waals surface area contributed by atoms with Crippen molar-refractivity contribution < 1.29 is 19.0 Å². The van der Waals surface area contributed by atoms with E-state index in [0.29, 0.717) is 32.9 Å². The number of methoxy groups -OCH3 is 2. The Kier molecular flexibility index (Phi) is 5.50. The summed E-state index contributed by atoms with van der Waals surface area (Å²) in [5.41, 5.74) is 1.79. The minimum atomic E-state index is -0.0606. The van der Waals surface area contributed by atoms with Crippen LogP contribution in [0.15, 0.2) is 30.5 Å². The van der Waals surface area contributed by atoms with Gasteiger partial charge in [0.15, 0.2) is 0 Å². The van der Waals surface area contributed by atoms with E-state index in [1.807, 2.05) is 35.4 Å². The van der Waals surface area contributed by atoms with Crippen molar-refractivity contribution >= 4 is 16.8 Å². The molecule has 130 valence electrons. The average molecular weight is 332 g/mol. The van der Waals surface area contributed by atoms with E-state index in [9.17, 15) is 4.79 Å². The molecule has 0 N–H and O–H groups in total. The lowest BCUT2D eigenvalue weighted by atomic mass is 10.1. The maximum absolute atomic E-state index is 13.0. The van der Waals surface area contributed by atoms with Crippen molar-refractivity contribution in [3.8, 4) is 0 Å². The summed E-state index contributed by atoms with van der Waals surface area (Å²) in [7, 11) is 3.33. The van der Waals surface area contributed by atoms with E-state index in [-0.39, 0.29) is 12.0 Å². The Hall–Kier alpha value is -1.89. The number of nitrogens with zero attached hydrogens (tertiary/aromatic N) is 2. The maximum atomic E-state index is 13.0. The molecule has 0 aliphatic carbocycles. The molecule has 1 unspecified atom stereocenters. The molecular weight excluding hydrogens is 308 g/mol. The standard InChI is InChI=1S/C18H24N2O4/c1-22-9-7-19-12-16(15-5-3-4-6-17(15)19)18(21)20-8-10-24-14(11-20)13-23-2/h3-6,12,14H,7-11,13H2,1-2H3. The van der Waals surface area contributed by atoms with Gasteiger partial charge in [-0.25, -0.2) is 0 Å². The molecule has 0 spiro atoms. The first kappa shape index (κ1) is 17.0. The maximum Gasteiger partial charge on any atom is 0.256 e. The molecule has 0 radical (unpaired) electrons. The topological polar surface area (TPSA) is 52.9 Å². The summed E-state index contributed by atoms with van der Waals surface area (Å²) in [6.07, 6.45) is 1.88. The van der Waals surface area contributed by atoms with Gasteiger partial charge >= 0.3 is 0 Å². The molecule has 2 aromatic rings. The molecule has 1 amide bonds. The van der Waals surface area contributed by atoms with Gasteiger partial charge in [0.25, 0.3) is 5.91 Å². The highest BCUT2D eigenvalue weighted by Gasteiger charge is 2.27. The van der Waals surface area contributed by atoms with E-state index in [1.165, 1.54) is 0 Å². The average Bonchev–Trinajstić information content (AvgIpc) is 2.99. The second-order valence-corrected chi connectivity index (χ2v) is 5.95. The highest BCUT2D eigenvalue weighted by molar-refractivity contribution is 6.07. The van der Waals surface area contributed by atoms with Crippen LogP contribution in [-0.4, -0.2) is 68.6 Å². The van der Waals surface area contributed by atoms with Crippen molar-refractivity contribution in [2.75, 3.05) is 47.1 Å². The fourth-order valence-electron chi connectivity index (χ4n) is 3.15. The van der Waals surface area contributed by atoms with Crippen LogP contribution in [0, 0.1) is 0 Å². The normalized spacial score (nSPS) is 18.2. The zero-order valence-electron chi connectivity index (χ0n) is 14.2. The van der Waals surface area contributed by atoms with Crippen molar-refractivity contribution in [1.82, 2.24) is 9.47 Å². The molecule has 6 heteroatoms. The number of ether oxygens (including phenoxy) is 3. The summed E-state index contributed by atoms with van der Waals surface area (Å²) in [5, 5.41) is 0.980. The Morgan fingerprint density at radius 2 is 2.12 bits per heavy atom. The van der Waals surface area contributed by atoms with Crippen LogP contribution in [0.25, 0.3) is 10.9 Å². The molecule has 0 saturated carbocycles. The van der Waals surface area contributed by atoms with E-state index < -0.39 is 0 Å². The van der Waals surface area contributed by atoms with E-state index in [4.69, 9.17) is 14.2 Å². The first-order valence-corrected chi connectivity index (χ1v) is 8.21. The number of para-hydroxylation sites is 1. The Labute approximate surface area is 141 Å². The van der Waals surface area contributed by atoms with Crippen molar-refractivity contribution in [3.05, 3.63) is 36.0 Å². The molecule has 0 bridgehead atoms. The fraction of sp³-hybridized carbons (Fsp3) is 0.500. The monoisotopic (exact) mass is 332 g/mol. The lowest BCUT2D eigenvalue weighted by Gasteiger charge is -2.32. The van der Waals surface area contributed by atoms with Gasteiger partial charge < -0.3 is 23.7 Å². The quantitative estimate of drug-likeness (QED) is 0.809. The summed E-state index contributed by atoms with van der Waals surface area (Å²) in [4.78, 5) is 14.9. The predicted molar refractivity (Wildman–Crippen MR) is 91.3 cm³/mol. The Balaban J connectivity index is 1.86. The highest BCUT2D eigenvalue weighted by Crippen LogP contribution is 2.23. The van der Waals surface area contributed by atoms with Crippen LogP contribution >= 0.6 is 0 Å². The van der Waals surface area contributed by atoms with Gasteiger partial charge in [-0.3, -0.25) is 4.79 Å². The minimum Gasteiger partial charge on any atom is -0.383 e. The molecule has 6 nitrogen and oxygen atoms in total. The van der Waals surface area contributed by atoms with Gasteiger partial charge in [0.1, 0.15) is 0 Å². The molecule has 1 fully saturated rings. The molecule has 3 rings (SSSR count). The van der Waals surface area contributed by atoms with Crippen molar-refractivity contribution in [2.24, 2.45) is 0 Å². The third-order valence-corrected chi connectivity index (χ3v) is 4.33. The van der Waals surface area contributed by atoms with Crippen LogP contribution in [0.3, 0.4) is 0 Å². The third-order valence-electron chi connectivity index (χ3n) is 4.33. The van der Waals surface area contributed by atoms with Gasteiger partial charge in [-0.05, 0) is 6.07 Å². The Morgan fingerprint density at radius 1 is 1.29 bits per heavy atom. The lowest BCUT2D eigenvalue weighted by molar-refractivity contribution is -0.0530. The molecule has 1 saturated heterocycles. The van der Waals surface area contributed by atoms with E-state index in [0.717, 1.165) is 23.0 Å². The summed E-state index contributed by atoms with van der Waals surface area (Å²) in [5.74, 6) is 0.0479. The Bertz CT molecular complexity index is 695. The molecule has 2 heterocycles. The number of carbonyl (C=O) groups excluding carboxylic acids is 1. The predicted octanol–water partition coefficient (Wildman–Crippen LogP) is 1.78. The van der Waals surface area contributed by atoms with Gasteiger partial charge in [0.05, 0.1) is 31.5 Å². The molecular formula is C18H24N2O4. The summed E-state index contributed by atoms with van der Waals surface area (Å²) in [6, 6.07) is 7.99. The highest BCUT2D eigenvalue weighted by atomic mass is 16.5. The van der Waals surface area contributed by atoms with Crippen LogP contribution in [0.1, 0.15) is 10.4 Å². The first-order chi connectivity index (χ1) is 11.7. The molecule has 1 aromatic heterocycles. The number of carbonyl (C=O) groups is 1. The van der Waals surface area contributed by atoms with Gasteiger partial charge in [-0.1, -0.05) is 18.2 Å². The number of hydrogen-bond donors (Lipinski definition) is 0. The van der Waals surface area contributed by atoms with Gasteiger partial charge in [-0.2, -0.15) is 0 Å². The largest absolute Gasteiger partial charge is 0.383 e. The zero-order valence-corrected chi connectivity index (χ0v) is 14.2. The van der Waals surface area contributed by atoms with E-state index in [2.05, 4.69) is 4.57 Å². The third kappa shape index (κ3) is 3.45. The number of fused-ring (bicyclic) bond motifs is 1. The summed E-state index contributed by atoms with van der Waals surface area (Å²) >= 11 is 0. The van der Waals surface area contributed by atoms with Crippen LogP contribution in [0.5, 0.6) is 0 Å². The van der Waals surface area contributed by atoms with Gasteiger partial charge in [-0.15, -0.1) is 0 Å². The second kappa shape index (κ2) is 7.79.